The number of rotatable bonds is 0. The van der Waals surface area contributed by atoms with E-state index in [1.54, 1.807) is 17.5 Å². The van der Waals surface area contributed by atoms with Crippen LogP contribution in [0.15, 0.2) is 11.6 Å². The van der Waals surface area contributed by atoms with Crippen molar-refractivity contribution in [3.8, 4) is 0 Å². The Balaban J connectivity index is 0.000000360. The van der Waals surface area contributed by atoms with Gasteiger partial charge in [-0.1, -0.05) is 0 Å². The molecule has 7 heavy (non-hydrogen) atoms. The molecule has 1 aromatic heterocycles. The van der Waals surface area contributed by atoms with Gasteiger partial charge in [-0.15, -0.1) is 11.3 Å². The van der Waals surface area contributed by atoms with Crippen LogP contribution in [0, 0.1) is 6.92 Å². The largest absolute Gasteiger partial charge is 0.250 e. The van der Waals surface area contributed by atoms with Crippen LogP contribution in [-0.4, -0.2) is 13.4 Å². The second-order valence-electron chi connectivity index (χ2n) is 1.05. The molecule has 1 aromatic rings. The maximum absolute atomic E-state index is 3.94. The van der Waals surface area contributed by atoms with Crippen LogP contribution in [0.1, 0.15) is 5.01 Å². The van der Waals surface area contributed by atoms with Gasteiger partial charge in [-0.2, -0.15) is 0 Å². The highest BCUT2D eigenvalue weighted by molar-refractivity contribution is 7.09. The van der Waals surface area contributed by atoms with Crippen molar-refractivity contribution in [2.24, 2.45) is 0 Å². The Morgan fingerprint density at radius 1 is 1.71 bits per heavy atom. The molecule has 0 aliphatic heterocycles. The highest BCUT2D eigenvalue weighted by Crippen LogP contribution is 1.98. The van der Waals surface area contributed by atoms with Gasteiger partial charge < -0.3 is 0 Å². The highest BCUT2D eigenvalue weighted by atomic mass is 32.1. The minimum absolute atomic E-state index is 0. The summed E-state index contributed by atoms with van der Waals surface area (Å²) in [5, 5.41) is 3.10. The molecule has 0 aliphatic carbocycles. The summed E-state index contributed by atoms with van der Waals surface area (Å²) in [6, 6.07) is 0. The summed E-state index contributed by atoms with van der Waals surface area (Å²) in [5.41, 5.74) is 0. The number of hydrogen-bond donors (Lipinski definition) is 0. The van der Waals surface area contributed by atoms with Gasteiger partial charge in [-0.25, -0.2) is 0 Å². The molecule has 1 rings (SSSR count). The first kappa shape index (κ1) is 6.69. The van der Waals surface area contributed by atoms with E-state index in [-0.39, 0.29) is 8.41 Å². The fourth-order valence-corrected chi connectivity index (χ4v) is 0.735. The molecule has 1 heterocycles. The second-order valence-corrected chi connectivity index (χ2v) is 2.15. The van der Waals surface area contributed by atoms with Crippen molar-refractivity contribution in [2.75, 3.05) is 0 Å². The van der Waals surface area contributed by atoms with E-state index >= 15 is 0 Å². The zero-order chi connectivity index (χ0) is 4.41. The van der Waals surface area contributed by atoms with E-state index in [1.807, 2.05) is 12.3 Å². The van der Waals surface area contributed by atoms with Crippen LogP contribution in [-0.2, 0) is 0 Å². The third-order valence-electron chi connectivity index (χ3n) is 0.556. The van der Waals surface area contributed by atoms with E-state index in [0.717, 1.165) is 5.01 Å². The summed E-state index contributed by atoms with van der Waals surface area (Å²) >= 11 is 1.67. The van der Waals surface area contributed by atoms with Crippen LogP contribution in [0.5, 0.6) is 0 Å². The van der Waals surface area contributed by atoms with Crippen LogP contribution in [0.25, 0.3) is 0 Å². The van der Waals surface area contributed by atoms with Crippen LogP contribution in [0.2, 0.25) is 0 Å². The molecule has 0 bridgehead atoms. The first-order valence-corrected chi connectivity index (χ1v) is 2.63. The zero-order valence-electron chi connectivity index (χ0n) is 3.51. The topological polar surface area (TPSA) is 12.9 Å². The SMILES string of the molecule is B.Cc1nccs1. The fourth-order valence-electron chi connectivity index (χ4n) is 0.295. The molecule has 0 N–H and O–H groups in total. The third kappa shape index (κ3) is 1.73. The van der Waals surface area contributed by atoms with Crippen LogP contribution in [0.4, 0.5) is 0 Å². The summed E-state index contributed by atoms with van der Waals surface area (Å²) in [7, 11) is 0. The molecular weight excluding hydrogens is 105 g/mol. The number of hydrogen-bond acceptors (Lipinski definition) is 2. The van der Waals surface area contributed by atoms with Gasteiger partial charge in [0.25, 0.3) is 0 Å². The standard InChI is InChI=1S/C4H5NS.BH3/c1-4-5-2-3-6-4;/h2-3H,1H3;1H3. The lowest BCUT2D eigenvalue weighted by Crippen LogP contribution is -1.56. The van der Waals surface area contributed by atoms with Crippen molar-refractivity contribution < 1.29 is 0 Å². The Hall–Kier alpha value is -0.305. The molecule has 0 fully saturated rings. The van der Waals surface area contributed by atoms with Crippen LogP contribution < -0.4 is 0 Å². The van der Waals surface area contributed by atoms with Gasteiger partial charge in [-0.05, 0) is 6.92 Å². The smallest absolute Gasteiger partial charge is 0.0893 e. The van der Waals surface area contributed by atoms with Gasteiger partial charge in [0.2, 0.25) is 0 Å². The van der Waals surface area contributed by atoms with Crippen LogP contribution in [0.3, 0.4) is 0 Å². The summed E-state index contributed by atoms with van der Waals surface area (Å²) < 4.78 is 0. The summed E-state index contributed by atoms with van der Waals surface area (Å²) in [5.74, 6) is 0. The van der Waals surface area contributed by atoms with E-state index in [0.29, 0.717) is 0 Å². The van der Waals surface area contributed by atoms with Crippen molar-refractivity contribution in [1.82, 2.24) is 4.98 Å². The van der Waals surface area contributed by atoms with Gasteiger partial charge >= 0.3 is 0 Å². The Morgan fingerprint density at radius 3 is 2.57 bits per heavy atom. The van der Waals surface area contributed by atoms with Gasteiger partial charge in [0.05, 0.1) is 13.4 Å². The predicted octanol–water partition coefficient (Wildman–Crippen LogP) is 0.268. The minimum Gasteiger partial charge on any atom is -0.250 e. The predicted molar refractivity (Wildman–Crippen MR) is 36.8 cm³/mol. The second kappa shape index (κ2) is 2.80. The van der Waals surface area contributed by atoms with E-state index in [9.17, 15) is 0 Å². The van der Waals surface area contributed by atoms with Gasteiger partial charge in [0.15, 0.2) is 0 Å². The molecule has 0 unspecified atom stereocenters. The molecule has 0 atom stereocenters. The summed E-state index contributed by atoms with van der Waals surface area (Å²) in [4.78, 5) is 3.94. The molecule has 0 saturated heterocycles. The normalized spacial score (nSPS) is 7.57. The van der Waals surface area contributed by atoms with Crippen molar-refractivity contribution in [2.45, 2.75) is 6.92 Å². The molecule has 0 amide bonds. The van der Waals surface area contributed by atoms with E-state index in [1.165, 1.54) is 0 Å². The first-order chi connectivity index (χ1) is 2.89. The number of nitrogens with zero attached hydrogens (tertiary/aromatic N) is 1. The highest BCUT2D eigenvalue weighted by Gasteiger charge is 1.76. The molecule has 0 aromatic carbocycles. The van der Waals surface area contributed by atoms with Crippen molar-refractivity contribution >= 4 is 19.7 Å². The van der Waals surface area contributed by atoms with Crippen LogP contribution >= 0.6 is 11.3 Å². The molecule has 38 valence electrons. The average molecular weight is 113 g/mol. The number of thiazole rings is 1. The number of aromatic nitrogens is 1. The molecule has 0 aliphatic rings. The molecule has 1 nitrogen and oxygen atoms in total. The van der Waals surface area contributed by atoms with Gasteiger partial charge in [0.1, 0.15) is 0 Å². The Bertz CT molecular complexity index is 115. The molecule has 0 radical (unpaired) electrons. The van der Waals surface area contributed by atoms with Gasteiger partial charge in [-0.3, -0.25) is 4.98 Å². The minimum atomic E-state index is 0. The molecular formula is C4H8BNS. The van der Waals surface area contributed by atoms with Crippen molar-refractivity contribution in [1.29, 1.82) is 0 Å². The van der Waals surface area contributed by atoms with Crippen molar-refractivity contribution in [3.05, 3.63) is 16.6 Å². The van der Waals surface area contributed by atoms with E-state index < -0.39 is 0 Å². The lowest BCUT2D eigenvalue weighted by Gasteiger charge is -1.65. The Labute approximate surface area is 49.0 Å². The molecule has 0 spiro atoms. The Morgan fingerprint density at radius 2 is 2.43 bits per heavy atom. The monoisotopic (exact) mass is 113 g/mol. The summed E-state index contributed by atoms with van der Waals surface area (Å²) in [6.07, 6.45) is 1.81. The van der Waals surface area contributed by atoms with Crippen molar-refractivity contribution in [3.63, 3.8) is 0 Å². The van der Waals surface area contributed by atoms with E-state index in [2.05, 4.69) is 4.98 Å². The zero-order valence-corrected chi connectivity index (χ0v) is 4.33. The first-order valence-electron chi connectivity index (χ1n) is 1.75. The number of aryl methyl sites for hydroxylation is 1. The summed E-state index contributed by atoms with van der Waals surface area (Å²) in [6.45, 7) is 1.99. The Kier molecular flexibility index (Phi) is 2.68. The maximum atomic E-state index is 3.94. The molecule has 0 saturated carbocycles. The fraction of sp³-hybridized carbons (Fsp3) is 0.250. The van der Waals surface area contributed by atoms with Gasteiger partial charge in [0, 0.05) is 11.6 Å². The average Bonchev–Trinajstić information content (AvgIpc) is 1.86. The molecule has 3 heteroatoms. The lowest BCUT2D eigenvalue weighted by atomic mass is 10.8. The quantitative estimate of drug-likeness (QED) is 0.440. The van der Waals surface area contributed by atoms with E-state index in [4.69, 9.17) is 0 Å². The lowest BCUT2D eigenvalue weighted by molar-refractivity contribution is 1.30. The third-order valence-corrected chi connectivity index (χ3v) is 1.26. The maximum Gasteiger partial charge on any atom is 0.0893 e.